The lowest BCUT2D eigenvalue weighted by molar-refractivity contribution is -0.0285. The maximum Gasteiger partial charge on any atom is 0.00324 e. The third-order valence-corrected chi connectivity index (χ3v) is 8.43. The summed E-state index contributed by atoms with van der Waals surface area (Å²) in [5.41, 5.74) is 9.77. The smallest absolute Gasteiger partial charge is 0.00324 e. The van der Waals surface area contributed by atoms with Gasteiger partial charge in [-0.15, -0.1) is 0 Å². The van der Waals surface area contributed by atoms with E-state index in [-0.39, 0.29) is 0 Å². The molecule has 3 unspecified atom stereocenters. The van der Waals surface area contributed by atoms with Crippen molar-refractivity contribution in [3.63, 3.8) is 0 Å². The van der Waals surface area contributed by atoms with Gasteiger partial charge in [0.25, 0.3) is 0 Å². The molecule has 0 nitrogen and oxygen atoms in total. The van der Waals surface area contributed by atoms with Gasteiger partial charge < -0.3 is 0 Å². The fourth-order valence-corrected chi connectivity index (χ4v) is 7.38. The summed E-state index contributed by atoms with van der Waals surface area (Å²) < 4.78 is 0. The van der Waals surface area contributed by atoms with Gasteiger partial charge in [-0.05, 0) is 117 Å². The summed E-state index contributed by atoms with van der Waals surface area (Å²) in [7, 11) is 0. The zero-order chi connectivity index (χ0) is 18.1. The van der Waals surface area contributed by atoms with E-state index in [0.29, 0.717) is 5.41 Å². The van der Waals surface area contributed by atoms with Gasteiger partial charge in [-0.3, -0.25) is 0 Å². The van der Waals surface area contributed by atoms with Gasteiger partial charge in [-0.1, -0.05) is 36.4 Å². The van der Waals surface area contributed by atoms with E-state index in [9.17, 15) is 0 Å². The molecule has 0 N–H and O–H groups in total. The lowest BCUT2D eigenvalue weighted by Crippen LogP contribution is -2.54. The van der Waals surface area contributed by atoms with E-state index in [4.69, 9.17) is 0 Å². The largest absolute Gasteiger partial charge is 0.0617 e. The monoisotopic (exact) mass is 344 g/mol. The van der Waals surface area contributed by atoms with E-state index in [1.54, 1.807) is 22.3 Å². The van der Waals surface area contributed by atoms with Crippen LogP contribution in [0.15, 0.2) is 36.4 Å². The van der Waals surface area contributed by atoms with E-state index in [1.165, 1.54) is 43.2 Å². The minimum Gasteiger partial charge on any atom is -0.0617 e. The summed E-state index contributed by atoms with van der Waals surface area (Å²) in [6, 6.07) is 14.2. The molecule has 4 saturated carbocycles. The predicted octanol–water partition coefficient (Wildman–Crippen LogP) is 6.78. The molecule has 0 amide bonds. The van der Waals surface area contributed by atoms with Crippen LogP contribution in [0.25, 0.3) is 0 Å². The van der Waals surface area contributed by atoms with Crippen LogP contribution in [-0.4, -0.2) is 0 Å². The molecule has 0 radical (unpaired) electrons. The summed E-state index contributed by atoms with van der Waals surface area (Å²) in [6.45, 7) is 9.34. The van der Waals surface area contributed by atoms with E-state index in [1.807, 2.05) is 0 Å². The van der Waals surface area contributed by atoms with Gasteiger partial charge in [0.1, 0.15) is 0 Å². The Bertz CT molecular complexity index is 844. The average Bonchev–Trinajstić information content (AvgIpc) is 2.60. The van der Waals surface area contributed by atoms with Crippen molar-refractivity contribution in [2.75, 3.05) is 0 Å². The van der Waals surface area contributed by atoms with Gasteiger partial charge >= 0.3 is 0 Å². The Balaban J connectivity index is 1.74. The molecule has 0 heteroatoms. The van der Waals surface area contributed by atoms with Crippen LogP contribution in [0, 0.1) is 45.4 Å². The molecule has 4 aliphatic rings. The molecular formula is C26H32. The molecule has 6 rings (SSSR count). The summed E-state index contributed by atoms with van der Waals surface area (Å²) in [6.07, 6.45) is 7.29. The Morgan fingerprint density at radius 2 is 1.35 bits per heavy atom. The second-order valence-corrected chi connectivity index (χ2v) is 9.78. The van der Waals surface area contributed by atoms with Crippen LogP contribution in [0.4, 0.5) is 0 Å². The van der Waals surface area contributed by atoms with Crippen molar-refractivity contribution in [1.82, 2.24) is 0 Å². The van der Waals surface area contributed by atoms with Gasteiger partial charge in [0, 0.05) is 5.41 Å². The lowest BCUT2D eigenvalue weighted by atomic mass is 9.42. The highest BCUT2D eigenvalue weighted by Gasteiger charge is 2.58. The summed E-state index contributed by atoms with van der Waals surface area (Å²) in [5.74, 6) is 3.54. The first-order valence-electron chi connectivity index (χ1n) is 10.6. The number of benzene rings is 2. The highest BCUT2D eigenvalue weighted by atomic mass is 14.6. The van der Waals surface area contributed by atoms with Crippen molar-refractivity contribution < 1.29 is 0 Å². The van der Waals surface area contributed by atoms with Crippen LogP contribution < -0.4 is 0 Å². The molecule has 3 atom stereocenters. The zero-order valence-corrected chi connectivity index (χ0v) is 16.8. The van der Waals surface area contributed by atoms with Crippen molar-refractivity contribution in [3.05, 3.63) is 69.8 Å². The van der Waals surface area contributed by atoms with E-state index < -0.39 is 0 Å². The van der Waals surface area contributed by atoms with Crippen LogP contribution in [0.1, 0.15) is 71.4 Å². The quantitative estimate of drug-likeness (QED) is 0.563. The molecule has 0 aliphatic heterocycles. The van der Waals surface area contributed by atoms with Crippen LogP contribution in [0.5, 0.6) is 0 Å². The normalized spacial score (nSPS) is 35.1. The zero-order valence-electron chi connectivity index (χ0n) is 16.8. The molecule has 0 spiro atoms. The van der Waals surface area contributed by atoms with E-state index in [0.717, 1.165) is 23.7 Å². The predicted molar refractivity (Wildman–Crippen MR) is 110 cm³/mol. The average molecular weight is 345 g/mol. The highest BCUT2D eigenvalue weighted by molar-refractivity contribution is 5.47. The SMILES string of the molecule is Cc1cccc(C2C3CC4CC(C3)CC2(c2cccc(C)c2C)C4)c1C. The molecule has 0 aromatic heterocycles. The molecule has 2 aromatic carbocycles. The maximum atomic E-state index is 2.48. The fourth-order valence-electron chi connectivity index (χ4n) is 7.38. The first-order chi connectivity index (χ1) is 12.5. The minimum absolute atomic E-state index is 0.378. The van der Waals surface area contributed by atoms with Crippen LogP contribution in [0.2, 0.25) is 0 Å². The lowest BCUT2D eigenvalue weighted by Gasteiger charge is -2.62. The molecule has 0 saturated heterocycles. The molecule has 136 valence electrons. The fraction of sp³-hybridized carbons (Fsp3) is 0.538. The van der Waals surface area contributed by atoms with Crippen molar-refractivity contribution in [1.29, 1.82) is 0 Å². The standard InChI is InChI=1S/C26H32/c1-16-7-5-9-23(18(16)3)25-22-12-20-11-21(13-22)15-26(25,14-20)24-10-6-8-17(2)19(24)4/h5-10,20-22,25H,11-15H2,1-4H3. The first kappa shape index (κ1) is 16.6. The molecular weight excluding hydrogens is 312 g/mol. The molecule has 26 heavy (non-hydrogen) atoms. The topological polar surface area (TPSA) is 0 Å². The second-order valence-electron chi connectivity index (χ2n) is 9.78. The Kier molecular flexibility index (Phi) is 3.65. The summed E-state index contributed by atoms with van der Waals surface area (Å²) >= 11 is 0. The van der Waals surface area contributed by atoms with Crippen LogP contribution in [0.3, 0.4) is 0 Å². The minimum atomic E-state index is 0.378. The van der Waals surface area contributed by atoms with Crippen molar-refractivity contribution in [3.8, 4) is 0 Å². The number of rotatable bonds is 2. The summed E-state index contributed by atoms with van der Waals surface area (Å²) in [4.78, 5) is 0. The van der Waals surface area contributed by atoms with Gasteiger partial charge in [-0.25, -0.2) is 0 Å². The molecule has 0 heterocycles. The number of aryl methyl sites for hydroxylation is 2. The Labute approximate surface area is 159 Å². The number of hydrogen-bond donors (Lipinski definition) is 0. The molecule has 2 aromatic rings. The van der Waals surface area contributed by atoms with Gasteiger partial charge in [-0.2, -0.15) is 0 Å². The Hall–Kier alpha value is -1.56. The van der Waals surface area contributed by atoms with Crippen molar-refractivity contribution in [2.45, 2.75) is 71.1 Å². The highest BCUT2D eigenvalue weighted by Crippen LogP contribution is 2.67. The number of hydrogen-bond acceptors (Lipinski definition) is 0. The first-order valence-corrected chi connectivity index (χ1v) is 10.6. The van der Waals surface area contributed by atoms with E-state index >= 15 is 0 Å². The third-order valence-electron chi connectivity index (χ3n) is 8.43. The van der Waals surface area contributed by atoms with Gasteiger partial charge in [0.2, 0.25) is 0 Å². The second kappa shape index (κ2) is 5.72. The maximum absolute atomic E-state index is 2.48. The van der Waals surface area contributed by atoms with E-state index in [2.05, 4.69) is 64.1 Å². The van der Waals surface area contributed by atoms with Crippen LogP contribution >= 0.6 is 0 Å². The summed E-state index contributed by atoms with van der Waals surface area (Å²) in [5, 5.41) is 0. The Morgan fingerprint density at radius 1 is 0.731 bits per heavy atom. The molecule has 4 fully saturated rings. The van der Waals surface area contributed by atoms with Gasteiger partial charge in [0.15, 0.2) is 0 Å². The Morgan fingerprint density at radius 3 is 2.04 bits per heavy atom. The van der Waals surface area contributed by atoms with Crippen molar-refractivity contribution in [2.24, 2.45) is 17.8 Å². The third kappa shape index (κ3) is 2.20. The van der Waals surface area contributed by atoms with Gasteiger partial charge in [0.05, 0.1) is 0 Å². The van der Waals surface area contributed by atoms with Crippen molar-refractivity contribution >= 4 is 0 Å². The molecule has 4 aliphatic carbocycles. The molecule has 4 bridgehead atoms. The van der Waals surface area contributed by atoms with Crippen LogP contribution in [-0.2, 0) is 5.41 Å².